The zero-order valence-electron chi connectivity index (χ0n) is 27.4. The minimum Gasteiger partial charge on any atom is -0.492 e. The lowest BCUT2D eigenvalue weighted by atomic mass is 10.00. The second kappa shape index (κ2) is 15.7. The molecule has 5 aromatic carbocycles. The number of benzene rings is 5. The van der Waals surface area contributed by atoms with Gasteiger partial charge in [-0.25, -0.2) is 4.79 Å². The van der Waals surface area contributed by atoms with Crippen molar-refractivity contribution in [3.05, 3.63) is 150 Å². The first-order valence-electron chi connectivity index (χ1n) is 16.0. The fourth-order valence-electron chi connectivity index (χ4n) is 5.31. The van der Waals surface area contributed by atoms with Crippen molar-refractivity contribution in [2.24, 2.45) is 0 Å². The number of ketones is 1. The molecule has 0 aliphatic rings. The molecule has 0 saturated heterocycles. The summed E-state index contributed by atoms with van der Waals surface area (Å²) in [7, 11) is 3.26. The average Bonchev–Trinajstić information content (AvgIpc) is 3.59. The molecular weight excluding hydrogens is 618 g/mol. The Morgan fingerprint density at radius 2 is 1.45 bits per heavy atom. The van der Waals surface area contributed by atoms with Crippen LogP contribution in [-0.2, 0) is 22.6 Å². The van der Waals surface area contributed by atoms with Gasteiger partial charge in [0.2, 0.25) is 0 Å². The molecule has 0 fully saturated rings. The van der Waals surface area contributed by atoms with Crippen LogP contribution in [-0.4, -0.2) is 50.1 Å². The molecule has 0 spiro atoms. The van der Waals surface area contributed by atoms with Gasteiger partial charge in [-0.05, 0) is 71.8 Å². The van der Waals surface area contributed by atoms with E-state index < -0.39 is 12.0 Å². The third-order valence-electron chi connectivity index (χ3n) is 8.02. The number of esters is 1. The van der Waals surface area contributed by atoms with Crippen molar-refractivity contribution in [3.8, 4) is 11.5 Å². The summed E-state index contributed by atoms with van der Waals surface area (Å²) in [6, 6.07) is 39.1. The average molecular weight is 656 g/mol. The Bertz CT molecular complexity index is 1960. The predicted octanol–water partition coefficient (Wildman–Crippen LogP) is 7.35. The quantitative estimate of drug-likeness (QED) is 0.0899. The van der Waals surface area contributed by atoms with E-state index in [4.69, 9.17) is 18.6 Å². The third-order valence-corrected chi connectivity index (χ3v) is 8.02. The molecule has 6 aromatic rings. The van der Waals surface area contributed by atoms with Crippen LogP contribution in [0.3, 0.4) is 0 Å². The normalized spacial score (nSPS) is 11.5. The van der Waals surface area contributed by atoms with E-state index in [1.54, 1.807) is 42.5 Å². The second-order valence-corrected chi connectivity index (χ2v) is 11.5. The molecular formula is C40H37N3O6. The fourth-order valence-corrected chi connectivity index (χ4v) is 5.31. The highest BCUT2D eigenvalue weighted by Gasteiger charge is 2.23. The molecule has 0 saturated carbocycles. The van der Waals surface area contributed by atoms with Gasteiger partial charge in [-0.3, -0.25) is 4.79 Å². The number of hydrogen-bond acceptors (Lipinski definition) is 9. The van der Waals surface area contributed by atoms with Gasteiger partial charge in [0.05, 0.1) is 13.7 Å². The highest BCUT2D eigenvalue weighted by molar-refractivity contribution is 6.12. The number of rotatable bonds is 15. The van der Waals surface area contributed by atoms with Gasteiger partial charge in [-0.1, -0.05) is 66.7 Å². The zero-order valence-corrected chi connectivity index (χ0v) is 27.4. The lowest BCUT2D eigenvalue weighted by molar-refractivity contribution is -0.141. The number of aromatic nitrogens is 1. The number of ether oxygens (including phenoxy) is 3. The number of nitrogens with zero attached hydrogens (tertiary/aromatic N) is 2. The van der Waals surface area contributed by atoms with Crippen LogP contribution in [0, 0.1) is 0 Å². The van der Waals surface area contributed by atoms with Gasteiger partial charge in [0.1, 0.15) is 36.3 Å². The maximum atomic E-state index is 13.6. The van der Waals surface area contributed by atoms with Crippen molar-refractivity contribution >= 4 is 34.6 Å². The largest absolute Gasteiger partial charge is 0.492 e. The molecule has 248 valence electrons. The highest BCUT2D eigenvalue weighted by Crippen LogP contribution is 2.24. The molecule has 49 heavy (non-hydrogen) atoms. The van der Waals surface area contributed by atoms with Crippen LogP contribution < -0.4 is 19.7 Å². The molecule has 1 N–H and O–H groups in total. The summed E-state index contributed by atoms with van der Waals surface area (Å²) in [6.45, 7) is 1.44. The molecule has 0 aliphatic carbocycles. The molecule has 1 aromatic heterocycles. The molecule has 0 amide bonds. The molecule has 9 nitrogen and oxygen atoms in total. The Morgan fingerprint density at radius 1 is 0.776 bits per heavy atom. The minimum absolute atomic E-state index is 0.176. The van der Waals surface area contributed by atoms with Crippen molar-refractivity contribution in [1.82, 2.24) is 4.98 Å². The summed E-state index contributed by atoms with van der Waals surface area (Å²) in [5, 5.41) is 3.26. The Labute approximate surface area is 285 Å². The van der Waals surface area contributed by atoms with E-state index in [1.165, 1.54) is 7.11 Å². The molecule has 0 radical (unpaired) electrons. The fraction of sp³-hybridized carbons (Fsp3) is 0.175. The van der Waals surface area contributed by atoms with Crippen molar-refractivity contribution < 1.29 is 28.2 Å². The van der Waals surface area contributed by atoms with Crippen LogP contribution in [0.2, 0.25) is 0 Å². The van der Waals surface area contributed by atoms with Crippen LogP contribution in [0.15, 0.2) is 132 Å². The van der Waals surface area contributed by atoms with Crippen molar-refractivity contribution in [2.45, 2.75) is 19.1 Å². The maximum absolute atomic E-state index is 13.6. The predicted molar refractivity (Wildman–Crippen MR) is 189 cm³/mol. The highest BCUT2D eigenvalue weighted by atomic mass is 16.5. The van der Waals surface area contributed by atoms with Crippen LogP contribution >= 0.6 is 0 Å². The first-order chi connectivity index (χ1) is 24.0. The number of likely N-dealkylation sites (N-methyl/N-ethyl adjacent to an activating group) is 1. The number of methoxy groups -OCH3 is 1. The Morgan fingerprint density at radius 3 is 2.20 bits per heavy atom. The summed E-state index contributed by atoms with van der Waals surface area (Å²) in [6.07, 6.45) is 0.337. The number of para-hydroxylation sites is 3. The summed E-state index contributed by atoms with van der Waals surface area (Å²) in [5.74, 6) is 0.750. The van der Waals surface area contributed by atoms with Gasteiger partial charge >= 0.3 is 5.97 Å². The van der Waals surface area contributed by atoms with Crippen LogP contribution in [0.25, 0.3) is 11.1 Å². The molecule has 6 rings (SSSR count). The Balaban J connectivity index is 1.06. The van der Waals surface area contributed by atoms with Crippen LogP contribution in [0.1, 0.15) is 27.0 Å². The van der Waals surface area contributed by atoms with E-state index in [9.17, 15) is 9.59 Å². The molecule has 0 bridgehead atoms. The molecule has 0 aliphatic heterocycles. The summed E-state index contributed by atoms with van der Waals surface area (Å²) in [4.78, 5) is 32.9. The number of nitrogens with one attached hydrogen (secondary N) is 1. The Kier molecular flexibility index (Phi) is 10.5. The molecule has 1 unspecified atom stereocenters. The number of oxazole rings is 1. The SMILES string of the molecule is COC(=O)C(Cc1ccc(OCCN(C)c2nc3ccccc3o2)cc1)Nc1ccccc1C(=O)c1ccc(OCc2ccccc2)cc1. The van der Waals surface area contributed by atoms with Gasteiger partial charge in [0, 0.05) is 30.3 Å². The first kappa shape index (κ1) is 32.8. The molecule has 1 atom stereocenters. The number of carbonyl (C=O) groups excluding carboxylic acids is 2. The van der Waals surface area contributed by atoms with Crippen LogP contribution in [0.5, 0.6) is 11.5 Å². The number of anilines is 2. The van der Waals surface area contributed by atoms with E-state index in [0.29, 0.717) is 60.5 Å². The topological polar surface area (TPSA) is 103 Å². The van der Waals surface area contributed by atoms with Crippen LogP contribution in [0.4, 0.5) is 11.7 Å². The molecule has 9 heteroatoms. The third kappa shape index (κ3) is 8.44. The van der Waals surface area contributed by atoms with Crippen molar-refractivity contribution in [2.75, 3.05) is 37.5 Å². The van der Waals surface area contributed by atoms with Crippen molar-refractivity contribution in [3.63, 3.8) is 0 Å². The van der Waals surface area contributed by atoms with Gasteiger partial charge in [-0.2, -0.15) is 4.98 Å². The number of hydrogen-bond donors (Lipinski definition) is 1. The van der Waals surface area contributed by atoms with Gasteiger partial charge in [0.25, 0.3) is 6.01 Å². The first-order valence-corrected chi connectivity index (χ1v) is 16.0. The molecule has 1 heterocycles. The van der Waals surface area contributed by atoms with E-state index >= 15 is 0 Å². The van der Waals surface area contributed by atoms with E-state index in [1.807, 2.05) is 96.9 Å². The van der Waals surface area contributed by atoms with Gasteiger partial charge in [-0.15, -0.1) is 0 Å². The smallest absolute Gasteiger partial charge is 0.328 e. The maximum Gasteiger partial charge on any atom is 0.328 e. The number of carbonyl (C=O) groups is 2. The Hall–Kier alpha value is -6.09. The summed E-state index contributed by atoms with van der Waals surface area (Å²) >= 11 is 0. The van der Waals surface area contributed by atoms with E-state index in [0.717, 1.165) is 22.2 Å². The van der Waals surface area contributed by atoms with E-state index in [-0.39, 0.29) is 5.78 Å². The second-order valence-electron chi connectivity index (χ2n) is 11.5. The standard InChI is InChI=1S/C40H37N3O6/c1-43(40-42-35-14-8-9-15-37(35)49-40)24-25-47-31-20-16-28(17-21-31)26-36(39(45)46-2)41-34-13-7-6-12-33(34)38(44)30-18-22-32(23-19-30)48-27-29-10-4-3-5-11-29/h3-23,36,41H,24-27H2,1-2H3. The van der Waals surface area contributed by atoms with E-state index in [2.05, 4.69) is 10.3 Å². The van der Waals surface area contributed by atoms with Gasteiger partial charge < -0.3 is 28.8 Å². The summed E-state index contributed by atoms with van der Waals surface area (Å²) < 4.78 is 22.8. The lowest BCUT2D eigenvalue weighted by Gasteiger charge is -2.20. The summed E-state index contributed by atoms with van der Waals surface area (Å²) in [5.41, 5.74) is 5.00. The minimum atomic E-state index is -0.732. The zero-order chi connectivity index (χ0) is 34.0. The monoisotopic (exact) mass is 655 g/mol. The lowest BCUT2D eigenvalue weighted by Crippen LogP contribution is -2.33. The number of fused-ring (bicyclic) bond motifs is 1. The van der Waals surface area contributed by atoms with Crippen molar-refractivity contribution in [1.29, 1.82) is 0 Å². The van der Waals surface area contributed by atoms with Gasteiger partial charge in [0.15, 0.2) is 11.4 Å².